The minimum atomic E-state index is -4.42. The van der Waals surface area contributed by atoms with Gasteiger partial charge in [0.05, 0.1) is 11.1 Å². The Hall–Kier alpha value is -3.85. The summed E-state index contributed by atoms with van der Waals surface area (Å²) in [4.78, 5) is 26.0. The first kappa shape index (κ1) is 23.9. The fraction of sp³-hybridized carbons (Fsp3) is 0.192. The molecule has 1 aromatic heterocycles. The molecule has 184 valence electrons. The van der Waals surface area contributed by atoms with Crippen LogP contribution < -0.4 is 10.2 Å². The Kier molecular flexibility index (Phi) is 6.40. The van der Waals surface area contributed by atoms with Crippen molar-refractivity contribution in [3.63, 3.8) is 0 Å². The molecule has 0 atom stereocenters. The van der Waals surface area contributed by atoms with E-state index in [0.29, 0.717) is 42.7 Å². The van der Waals surface area contributed by atoms with Gasteiger partial charge in [-0.1, -0.05) is 23.7 Å². The van der Waals surface area contributed by atoms with Gasteiger partial charge in [-0.15, -0.1) is 0 Å². The number of nitrogens with zero attached hydrogens (tertiary/aromatic N) is 4. The monoisotopic (exact) mass is 511 g/mol. The van der Waals surface area contributed by atoms with Gasteiger partial charge in [0.1, 0.15) is 5.82 Å². The third-order valence-corrected chi connectivity index (χ3v) is 6.27. The molecule has 1 saturated heterocycles. The maximum absolute atomic E-state index is 12.8. The molecule has 2 amide bonds. The Morgan fingerprint density at radius 3 is 2.19 bits per heavy atom. The topological polar surface area (TPSA) is 61.4 Å². The van der Waals surface area contributed by atoms with Crippen molar-refractivity contribution >= 4 is 40.0 Å². The molecule has 10 heteroatoms. The molecular formula is C26H21ClF3N5O. The number of para-hydroxylation sites is 1. The zero-order valence-electron chi connectivity index (χ0n) is 19.0. The summed E-state index contributed by atoms with van der Waals surface area (Å²) in [6.45, 7) is 1.95. The number of alkyl halides is 3. The van der Waals surface area contributed by atoms with Gasteiger partial charge in [-0.3, -0.25) is 0 Å². The Morgan fingerprint density at radius 2 is 1.53 bits per heavy atom. The van der Waals surface area contributed by atoms with Crippen LogP contribution >= 0.6 is 11.6 Å². The third-order valence-electron chi connectivity index (χ3n) is 6.02. The summed E-state index contributed by atoms with van der Waals surface area (Å²) in [5, 5.41) is 4.22. The summed E-state index contributed by atoms with van der Waals surface area (Å²) in [5.41, 5.74) is 1.21. The molecule has 0 spiro atoms. The predicted octanol–water partition coefficient (Wildman–Crippen LogP) is 6.32. The summed E-state index contributed by atoms with van der Waals surface area (Å²) in [6.07, 6.45) is -4.42. The van der Waals surface area contributed by atoms with E-state index in [-0.39, 0.29) is 6.03 Å². The number of aromatic nitrogens is 2. The molecule has 0 radical (unpaired) electrons. The van der Waals surface area contributed by atoms with E-state index in [4.69, 9.17) is 21.6 Å². The van der Waals surface area contributed by atoms with Crippen LogP contribution in [0.3, 0.4) is 0 Å². The van der Waals surface area contributed by atoms with Gasteiger partial charge >= 0.3 is 12.2 Å². The van der Waals surface area contributed by atoms with Crippen molar-refractivity contribution in [1.82, 2.24) is 14.9 Å². The van der Waals surface area contributed by atoms with Crippen LogP contribution in [0.1, 0.15) is 5.56 Å². The first-order valence-corrected chi connectivity index (χ1v) is 11.7. The average Bonchev–Trinajstić information content (AvgIpc) is 2.88. The maximum Gasteiger partial charge on any atom is 0.416 e. The van der Waals surface area contributed by atoms with Crippen molar-refractivity contribution in [2.45, 2.75) is 6.18 Å². The molecule has 1 fully saturated rings. The molecule has 0 bridgehead atoms. The highest BCUT2D eigenvalue weighted by Crippen LogP contribution is 2.31. The highest BCUT2D eigenvalue weighted by Gasteiger charge is 2.30. The van der Waals surface area contributed by atoms with Crippen LogP contribution in [0.5, 0.6) is 0 Å². The molecule has 2 heterocycles. The number of hydrogen-bond donors (Lipinski definition) is 1. The summed E-state index contributed by atoms with van der Waals surface area (Å²) in [5.74, 6) is 1.37. The molecule has 1 aliphatic heterocycles. The number of halogens is 4. The Labute approximate surface area is 210 Å². The molecule has 36 heavy (non-hydrogen) atoms. The number of piperazine rings is 1. The molecule has 3 aromatic carbocycles. The molecule has 0 saturated carbocycles. The number of rotatable bonds is 3. The largest absolute Gasteiger partial charge is 0.416 e. The van der Waals surface area contributed by atoms with E-state index < -0.39 is 11.7 Å². The second-order valence-corrected chi connectivity index (χ2v) is 8.81. The summed E-state index contributed by atoms with van der Waals surface area (Å²) in [7, 11) is 0. The number of carbonyl (C=O) groups is 1. The van der Waals surface area contributed by atoms with E-state index in [0.717, 1.165) is 34.4 Å². The Morgan fingerprint density at radius 1 is 0.861 bits per heavy atom. The van der Waals surface area contributed by atoms with Crippen molar-refractivity contribution in [3.8, 4) is 11.4 Å². The van der Waals surface area contributed by atoms with Gasteiger partial charge < -0.3 is 15.1 Å². The molecule has 1 aliphatic rings. The summed E-state index contributed by atoms with van der Waals surface area (Å²) < 4.78 is 38.3. The van der Waals surface area contributed by atoms with E-state index in [1.54, 1.807) is 17.0 Å². The fourth-order valence-electron chi connectivity index (χ4n) is 4.10. The Bertz CT molecular complexity index is 1390. The van der Waals surface area contributed by atoms with Crippen molar-refractivity contribution in [2.24, 2.45) is 0 Å². The van der Waals surface area contributed by atoms with E-state index in [2.05, 4.69) is 10.2 Å². The van der Waals surface area contributed by atoms with Crippen LogP contribution in [0.15, 0.2) is 72.8 Å². The minimum Gasteiger partial charge on any atom is -0.352 e. The number of anilines is 2. The quantitative estimate of drug-likeness (QED) is 0.349. The molecule has 4 aromatic rings. The van der Waals surface area contributed by atoms with Gasteiger partial charge in [-0.25, -0.2) is 14.8 Å². The smallest absolute Gasteiger partial charge is 0.352 e. The normalized spacial score (nSPS) is 14.2. The zero-order chi connectivity index (χ0) is 25.3. The van der Waals surface area contributed by atoms with E-state index in [1.807, 2.05) is 36.4 Å². The Balaban J connectivity index is 1.31. The second kappa shape index (κ2) is 9.66. The van der Waals surface area contributed by atoms with Crippen molar-refractivity contribution in [3.05, 3.63) is 83.4 Å². The van der Waals surface area contributed by atoms with Crippen LogP contribution in [0.2, 0.25) is 5.02 Å². The lowest BCUT2D eigenvalue weighted by Crippen LogP contribution is -2.50. The van der Waals surface area contributed by atoms with E-state index in [1.165, 1.54) is 12.1 Å². The number of urea groups is 1. The standard InChI is InChI=1S/C26H21ClF3N5O/c27-19-9-5-17(6-10-19)23-32-22-4-2-1-3-21(22)24(33-23)34-13-15-35(16-14-34)25(36)31-20-11-7-18(8-12-20)26(28,29)30/h1-12H,13-16H2,(H,31,36). The van der Waals surface area contributed by atoms with Gasteiger partial charge in [0, 0.05) is 47.8 Å². The van der Waals surface area contributed by atoms with Crippen LogP contribution in [0.4, 0.5) is 29.5 Å². The van der Waals surface area contributed by atoms with Crippen LogP contribution in [0.25, 0.3) is 22.3 Å². The summed E-state index contributed by atoms with van der Waals surface area (Å²) in [6, 6.07) is 19.2. The van der Waals surface area contributed by atoms with Crippen molar-refractivity contribution < 1.29 is 18.0 Å². The number of hydrogen-bond acceptors (Lipinski definition) is 4. The lowest BCUT2D eigenvalue weighted by molar-refractivity contribution is -0.137. The number of nitrogens with one attached hydrogen (secondary N) is 1. The maximum atomic E-state index is 12.8. The van der Waals surface area contributed by atoms with E-state index in [9.17, 15) is 18.0 Å². The lowest BCUT2D eigenvalue weighted by Gasteiger charge is -2.36. The number of amides is 2. The van der Waals surface area contributed by atoms with Gasteiger partial charge in [0.15, 0.2) is 5.82 Å². The summed E-state index contributed by atoms with van der Waals surface area (Å²) >= 11 is 6.03. The van der Waals surface area contributed by atoms with Crippen molar-refractivity contribution in [1.29, 1.82) is 0 Å². The average molecular weight is 512 g/mol. The van der Waals surface area contributed by atoms with Crippen molar-refractivity contribution in [2.75, 3.05) is 36.4 Å². The third kappa shape index (κ3) is 5.06. The van der Waals surface area contributed by atoms with Crippen LogP contribution in [0, 0.1) is 0 Å². The van der Waals surface area contributed by atoms with Gasteiger partial charge in [-0.2, -0.15) is 13.2 Å². The molecule has 5 rings (SSSR count). The first-order chi connectivity index (χ1) is 17.3. The second-order valence-electron chi connectivity index (χ2n) is 8.37. The first-order valence-electron chi connectivity index (χ1n) is 11.3. The van der Waals surface area contributed by atoms with Gasteiger partial charge in [0.25, 0.3) is 0 Å². The molecule has 1 N–H and O–H groups in total. The predicted molar refractivity (Wildman–Crippen MR) is 134 cm³/mol. The van der Waals surface area contributed by atoms with E-state index >= 15 is 0 Å². The highest BCUT2D eigenvalue weighted by molar-refractivity contribution is 6.30. The van der Waals surface area contributed by atoms with Crippen LogP contribution in [-0.2, 0) is 6.18 Å². The SMILES string of the molecule is O=C(Nc1ccc(C(F)(F)F)cc1)N1CCN(c2nc(-c3ccc(Cl)cc3)nc3ccccc23)CC1. The highest BCUT2D eigenvalue weighted by atomic mass is 35.5. The van der Waals surface area contributed by atoms with Crippen LogP contribution in [-0.4, -0.2) is 47.1 Å². The molecule has 0 aliphatic carbocycles. The number of fused-ring (bicyclic) bond motifs is 1. The molecular weight excluding hydrogens is 491 g/mol. The zero-order valence-corrected chi connectivity index (χ0v) is 19.7. The fourth-order valence-corrected chi connectivity index (χ4v) is 4.22. The van der Waals surface area contributed by atoms with Gasteiger partial charge in [0.2, 0.25) is 0 Å². The lowest BCUT2D eigenvalue weighted by atomic mass is 10.1. The van der Waals surface area contributed by atoms with Gasteiger partial charge in [-0.05, 0) is 60.7 Å². The number of carbonyl (C=O) groups excluding carboxylic acids is 1. The molecule has 0 unspecified atom stereocenters. The number of benzene rings is 3. The molecule has 6 nitrogen and oxygen atoms in total. The minimum absolute atomic E-state index is 0.310.